The number of nitrogens with zero attached hydrogens (tertiary/aromatic N) is 1. The first-order chi connectivity index (χ1) is 21.7. The first-order valence-corrected chi connectivity index (χ1v) is 18.6. The van der Waals surface area contributed by atoms with Crippen LogP contribution in [0.4, 0.5) is 0 Å². The zero-order valence-electron chi connectivity index (χ0n) is 29.4. The number of fused-ring (bicyclic) bond motifs is 1. The molecule has 3 aromatic rings. The lowest BCUT2D eigenvalue weighted by Crippen LogP contribution is -2.37. The van der Waals surface area contributed by atoms with Crippen LogP contribution in [0.2, 0.25) is 0 Å². The minimum Gasteiger partial charge on any atom is -0.293 e. The van der Waals surface area contributed by atoms with Crippen molar-refractivity contribution in [2.75, 3.05) is 13.1 Å². The summed E-state index contributed by atoms with van der Waals surface area (Å²) in [6.07, 6.45) is 18.4. The van der Waals surface area contributed by atoms with Crippen LogP contribution in [-0.2, 0) is 10.8 Å². The van der Waals surface area contributed by atoms with E-state index in [-0.39, 0.29) is 0 Å². The van der Waals surface area contributed by atoms with Crippen LogP contribution in [0.25, 0.3) is 33.9 Å². The van der Waals surface area contributed by atoms with Gasteiger partial charge in [0, 0.05) is 19.1 Å². The van der Waals surface area contributed by atoms with Crippen molar-refractivity contribution in [3.8, 4) is 22.3 Å². The molecule has 0 aromatic heterocycles. The van der Waals surface area contributed by atoms with Gasteiger partial charge in [0.25, 0.3) is 0 Å². The highest BCUT2D eigenvalue weighted by Crippen LogP contribution is 2.41. The Labute approximate surface area is 274 Å². The lowest BCUT2D eigenvalue weighted by Gasteiger charge is -2.34. The first-order valence-electron chi connectivity index (χ1n) is 18.6. The summed E-state index contributed by atoms with van der Waals surface area (Å²) in [4.78, 5) is 2.76. The van der Waals surface area contributed by atoms with Gasteiger partial charge in [-0.05, 0) is 105 Å². The molecule has 0 saturated heterocycles. The lowest BCUT2D eigenvalue weighted by molar-refractivity contribution is 0.234. The van der Waals surface area contributed by atoms with Gasteiger partial charge in [-0.15, -0.1) is 0 Å². The van der Waals surface area contributed by atoms with Gasteiger partial charge in [-0.25, -0.2) is 0 Å². The van der Waals surface area contributed by atoms with Crippen LogP contribution in [0.3, 0.4) is 0 Å². The molecule has 240 valence electrons. The summed E-state index contributed by atoms with van der Waals surface area (Å²) < 4.78 is 0. The molecule has 1 unspecified atom stereocenters. The maximum Gasteiger partial charge on any atom is 0.0288 e. The van der Waals surface area contributed by atoms with Gasteiger partial charge in [0.2, 0.25) is 0 Å². The highest BCUT2D eigenvalue weighted by atomic mass is 15.2. The van der Waals surface area contributed by atoms with Gasteiger partial charge in [-0.2, -0.15) is 0 Å². The Balaban J connectivity index is 1.50. The third-order valence-corrected chi connectivity index (χ3v) is 12.0. The Hall–Kier alpha value is -2.64. The van der Waals surface area contributed by atoms with Crippen molar-refractivity contribution in [3.05, 3.63) is 82.2 Å². The molecule has 0 spiro atoms. The fraction of sp³-hybridized carbons (Fsp3) is 0.545. The largest absolute Gasteiger partial charge is 0.293 e. The standard InChI is InChI=1S/C44H59N/c1-7-33-31-45(30-32(3)4)38(8-2)29-41-39(34-15-19-36(20-16-34)43(5)25-11-9-12-26-43)23-24-40(42(33)41)35-17-21-37(22-18-35)44(6)27-13-10-14-28-44/h15-24,29,32,38H,7-14,25-28,30-31H2,1-6H3. The number of hydrogen-bond donors (Lipinski definition) is 0. The molecule has 0 bridgehead atoms. The van der Waals surface area contributed by atoms with E-state index in [1.165, 1.54) is 108 Å². The van der Waals surface area contributed by atoms with Crippen molar-refractivity contribution < 1.29 is 0 Å². The monoisotopic (exact) mass is 601 g/mol. The molecule has 2 saturated carbocycles. The highest BCUT2D eigenvalue weighted by molar-refractivity contribution is 5.76. The quantitative estimate of drug-likeness (QED) is 0.248. The Morgan fingerprint density at radius 1 is 0.667 bits per heavy atom. The third kappa shape index (κ3) is 6.62. The van der Waals surface area contributed by atoms with E-state index in [9.17, 15) is 0 Å². The number of rotatable bonds is 8. The van der Waals surface area contributed by atoms with Crippen LogP contribution in [0.1, 0.15) is 130 Å². The SMILES string of the molecule is CCC1=c2c(-c3ccc(C4(C)CCCCC4)cc3)ccc(-c3ccc(C4(C)CCCCC4)cc3)c2=CC(CC)N(CC(C)C)C1. The van der Waals surface area contributed by atoms with E-state index >= 15 is 0 Å². The lowest BCUT2D eigenvalue weighted by atomic mass is 9.71. The Morgan fingerprint density at radius 3 is 1.62 bits per heavy atom. The second-order valence-electron chi connectivity index (χ2n) is 15.8. The van der Waals surface area contributed by atoms with Crippen LogP contribution in [0.5, 0.6) is 0 Å². The van der Waals surface area contributed by atoms with Crippen molar-refractivity contribution in [1.82, 2.24) is 4.90 Å². The van der Waals surface area contributed by atoms with Gasteiger partial charge in [0.15, 0.2) is 0 Å². The molecule has 2 aliphatic carbocycles. The highest BCUT2D eigenvalue weighted by Gasteiger charge is 2.30. The topological polar surface area (TPSA) is 3.24 Å². The van der Waals surface area contributed by atoms with E-state index < -0.39 is 0 Å². The minimum atomic E-state index is 0.332. The maximum absolute atomic E-state index is 2.76. The van der Waals surface area contributed by atoms with Crippen LogP contribution >= 0.6 is 0 Å². The van der Waals surface area contributed by atoms with Crippen molar-refractivity contribution in [2.24, 2.45) is 5.92 Å². The Morgan fingerprint density at radius 2 is 1.16 bits per heavy atom. The molecule has 1 atom stereocenters. The van der Waals surface area contributed by atoms with Crippen molar-refractivity contribution in [3.63, 3.8) is 0 Å². The molecular formula is C44H59N. The first kappa shape index (κ1) is 32.3. The maximum atomic E-state index is 2.76. The molecule has 0 N–H and O–H groups in total. The molecule has 45 heavy (non-hydrogen) atoms. The van der Waals surface area contributed by atoms with E-state index in [0.29, 0.717) is 22.8 Å². The van der Waals surface area contributed by atoms with E-state index in [4.69, 9.17) is 0 Å². The summed E-state index contributed by atoms with van der Waals surface area (Å²) in [6.45, 7) is 16.7. The summed E-state index contributed by atoms with van der Waals surface area (Å²) in [5.41, 5.74) is 10.8. The average molecular weight is 602 g/mol. The molecule has 0 amide bonds. The van der Waals surface area contributed by atoms with Gasteiger partial charge in [-0.1, -0.05) is 147 Å². The molecule has 1 nitrogen and oxygen atoms in total. The molecule has 3 aromatic carbocycles. The van der Waals surface area contributed by atoms with Crippen LogP contribution in [-0.4, -0.2) is 24.0 Å². The molecule has 1 aliphatic heterocycles. The minimum absolute atomic E-state index is 0.332. The molecule has 2 fully saturated rings. The van der Waals surface area contributed by atoms with Crippen LogP contribution in [0, 0.1) is 5.92 Å². The van der Waals surface area contributed by atoms with E-state index in [1.54, 1.807) is 5.57 Å². The summed E-state index contributed by atoms with van der Waals surface area (Å²) >= 11 is 0. The molecule has 0 radical (unpaired) electrons. The average Bonchev–Trinajstić information content (AvgIpc) is 3.21. The predicted molar refractivity (Wildman–Crippen MR) is 196 cm³/mol. The van der Waals surface area contributed by atoms with Gasteiger partial charge >= 0.3 is 0 Å². The number of hydrogen-bond acceptors (Lipinski definition) is 1. The zero-order chi connectivity index (χ0) is 31.6. The molecular weight excluding hydrogens is 542 g/mol. The summed E-state index contributed by atoms with van der Waals surface area (Å²) in [5, 5.41) is 2.96. The summed E-state index contributed by atoms with van der Waals surface area (Å²) in [7, 11) is 0. The molecule has 3 aliphatic rings. The number of benzene rings is 3. The van der Waals surface area contributed by atoms with Gasteiger partial charge in [0.05, 0.1) is 0 Å². The zero-order valence-corrected chi connectivity index (χ0v) is 29.4. The Bertz CT molecular complexity index is 1560. The van der Waals surface area contributed by atoms with Crippen LogP contribution in [0.15, 0.2) is 60.7 Å². The van der Waals surface area contributed by atoms with E-state index in [1.807, 2.05) is 0 Å². The van der Waals surface area contributed by atoms with Crippen LogP contribution < -0.4 is 10.4 Å². The van der Waals surface area contributed by atoms with E-state index in [2.05, 4.69) is 113 Å². The van der Waals surface area contributed by atoms with E-state index in [0.717, 1.165) is 25.9 Å². The summed E-state index contributed by atoms with van der Waals surface area (Å²) in [6, 6.07) is 24.9. The van der Waals surface area contributed by atoms with Crippen molar-refractivity contribution in [2.45, 2.75) is 135 Å². The Kier molecular flexibility index (Phi) is 9.77. The smallest absolute Gasteiger partial charge is 0.0288 e. The predicted octanol–water partition coefficient (Wildman–Crippen LogP) is 10.6. The third-order valence-electron chi connectivity index (χ3n) is 12.0. The summed E-state index contributed by atoms with van der Waals surface area (Å²) in [5.74, 6) is 0.646. The molecule has 1 heteroatoms. The second kappa shape index (κ2) is 13.6. The molecule has 1 heterocycles. The van der Waals surface area contributed by atoms with Crippen molar-refractivity contribution >= 4 is 11.6 Å². The van der Waals surface area contributed by atoms with Gasteiger partial charge in [-0.3, -0.25) is 4.90 Å². The normalized spacial score (nSPS) is 21.7. The molecule has 6 rings (SSSR count). The van der Waals surface area contributed by atoms with Gasteiger partial charge in [0.1, 0.15) is 0 Å². The second-order valence-corrected chi connectivity index (χ2v) is 15.8. The van der Waals surface area contributed by atoms with Crippen molar-refractivity contribution in [1.29, 1.82) is 0 Å². The fourth-order valence-electron chi connectivity index (χ4n) is 9.08. The van der Waals surface area contributed by atoms with Gasteiger partial charge < -0.3 is 0 Å². The fourth-order valence-corrected chi connectivity index (χ4v) is 9.08.